The van der Waals surface area contributed by atoms with Gasteiger partial charge in [0.05, 0.1) is 6.42 Å². The fraction of sp³-hybridized carbons (Fsp3) is 0.182. The molecule has 0 fully saturated rings. The minimum absolute atomic E-state index is 0.0380. The fourth-order valence-electron chi connectivity index (χ4n) is 1.68. The topological polar surface area (TPSA) is 37.3 Å². The van der Waals surface area contributed by atoms with Crippen LogP contribution in [0.5, 0.6) is 0 Å². The monoisotopic (exact) mass is 192 g/mol. The maximum atomic E-state index is 12.8. The van der Waals surface area contributed by atoms with E-state index in [1.807, 2.05) is 0 Å². The van der Waals surface area contributed by atoms with Gasteiger partial charge in [0.1, 0.15) is 5.82 Å². The Kier molecular flexibility index (Phi) is 2.08. The third-order valence-corrected chi connectivity index (χ3v) is 2.26. The lowest BCUT2D eigenvalue weighted by molar-refractivity contribution is -0.136. The van der Waals surface area contributed by atoms with Crippen LogP contribution in [0, 0.1) is 5.82 Å². The van der Waals surface area contributed by atoms with Gasteiger partial charge in [-0.3, -0.25) is 4.79 Å². The van der Waals surface area contributed by atoms with Crippen molar-refractivity contribution >= 4 is 12.0 Å². The highest BCUT2D eigenvalue weighted by Crippen LogP contribution is 2.27. The predicted octanol–water partition coefficient (Wildman–Crippen LogP) is 2.24. The Morgan fingerprint density at radius 3 is 3.00 bits per heavy atom. The van der Waals surface area contributed by atoms with Crippen LogP contribution in [0.4, 0.5) is 4.39 Å². The lowest BCUT2D eigenvalue weighted by Gasteiger charge is -1.97. The molecule has 2 nitrogen and oxygen atoms in total. The molecule has 0 aliphatic heterocycles. The average molecular weight is 192 g/mol. The highest BCUT2D eigenvalue weighted by molar-refractivity contribution is 5.75. The highest BCUT2D eigenvalue weighted by Gasteiger charge is 2.14. The molecule has 0 saturated heterocycles. The van der Waals surface area contributed by atoms with Crippen LogP contribution in [-0.4, -0.2) is 11.1 Å². The molecule has 0 aromatic heterocycles. The summed E-state index contributed by atoms with van der Waals surface area (Å²) in [5, 5.41) is 8.59. The molecule has 14 heavy (non-hydrogen) atoms. The molecule has 1 aromatic carbocycles. The zero-order valence-corrected chi connectivity index (χ0v) is 7.46. The molecule has 72 valence electrons. The molecule has 0 bridgehead atoms. The maximum absolute atomic E-state index is 12.8. The number of carboxylic acid groups (broad SMARTS) is 1. The molecule has 0 amide bonds. The summed E-state index contributed by atoms with van der Waals surface area (Å²) in [4.78, 5) is 10.5. The van der Waals surface area contributed by atoms with Gasteiger partial charge in [-0.05, 0) is 29.7 Å². The number of hydrogen-bond acceptors (Lipinski definition) is 1. The Bertz CT molecular complexity index is 421. The van der Waals surface area contributed by atoms with E-state index in [0.717, 1.165) is 16.7 Å². The van der Waals surface area contributed by atoms with Gasteiger partial charge in [-0.2, -0.15) is 0 Å². The Hall–Kier alpha value is -1.64. The van der Waals surface area contributed by atoms with E-state index in [-0.39, 0.29) is 12.2 Å². The van der Waals surface area contributed by atoms with Crippen molar-refractivity contribution in [1.82, 2.24) is 0 Å². The van der Waals surface area contributed by atoms with Crippen molar-refractivity contribution in [3.05, 3.63) is 40.7 Å². The van der Waals surface area contributed by atoms with Crippen LogP contribution in [0.1, 0.15) is 17.5 Å². The van der Waals surface area contributed by atoms with Crippen molar-refractivity contribution in [2.75, 3.05) is 0 Å². The standard InChI is InChI=1S/C11H9FO2/c12-10-2-1-8-3-7(5-11(13)14)4-9(8)6-10/h1-2,4,6H,3,5H2,(H,13,14). The molecule has 2 rings (SSSR count). The Balaban J connectivity index is 2.25. The zero-order chi connectivity index (χ0) is 10.1. The number of benzene rings is 1. The van der Waals surface area contributed by atoms with Gasteiger partial charge in [0.2, 0.25) is 0 Å². The average Bonchev–Trinajstić information content (AvgIpc) is 2.44. The third-order valence-electron chi connectivity index (χ3n) is 2.26. The highest BCUT2D eigenvalue weighted by atomic mass is 19.1. The lowest BCUT2D eigenvalue weighted by Crippen LogP contribution is -1.96. The lowest BCUT2D eigenvalue weighted by atomic mass is 10.1. The normalized spacial score (nSPS) is 13.6. The third kappa shape index (κ3) is 1.66. The van der Waals surface area contributed by atoms with Crippen LogP contribution in [0.15, 0.2) is 23.8 Å². The molecule has 0 heterocycles. The molecule has 1 aliphatic rings. The largest absolute Gasteiger partial charge is 0.481 e. The summed E-state index contributed by atoms with van der Waals surface area (Å²) in [6.45, 7) is 0. The summed E-state index contributed by atoms with van der Waals surface area (Å²) >= 11 is 0. The molecule has 1 aromatic rings. The van der Waals surface area contributed by atoms with E-state index in [1.165, 1.54) is 12.1 Å². The zero-order valence-electron chi connectivity index (χ0n) is 7.46. The van der Waals surface area contributed by atoms with Gasteiger partial charge >= 0.3 is 5.97 Å². The van der Waals surface area contributed by atoms with Gasteiger partial charge in [-0.15, -0.1) is 0 Å². The quantitative estimate of drug-likeness (QED) is 0.780. The van der Waals surface area contributed by atoms with Crippen molar-refractivity contribution in [2.45, 2.75) is 12.8 Å². The summed E-state index contributed by atoms with van der Waals surface area (Å²) in [5.74, 6) is -1.12. The molecule has 1 aliphatic carbocycles. The summed E-state index contributed by atoms with van der Waals surface area (Å²) in [5.41, 5.74) is 2.64. The van der Waals surface area contributed by atoms with Gasteiger partial charge in [-0.25, -0.2) is 4.39 Å². The van der Waals surface area contributed by atoms with E-state index in [2.05, 4.69) is 0 Å². The summed E-state index contributed by atoms with van der Waals surface area (Å²) in [6.07, 6.45) is 2.42. The van der Waals surface area contributed by atoms with Crippen LogP contribution >= 0.6 is 0 Å². The number of carbonyl (C=O) groups is 1. The molecule has 0 atom stereocenters. The number of rotatable bonds is 2. The molecular weight excluding hydrogens is 183 g/mol. The number of aliphatic carboxylic acids is 1. The van der Waals surface area contributed by atoms with E-state index < -0.39 is 5.97 Å². The second-order valence-electron chi connectivity index (χ2n) is 3.39. The first-order valence-corrected chi connectivity index (χ1v) is 4.35. The van der Waals surface area contributed by atoms with Crippen LogP contribution in [0.25, 0.3) is 6.08 Å². The minimum Gasteiger partial charge on any atom is -0.481 e. The van der Waals surface area contributed by atoms with Crippen molar-refractivity contribution in [1.29, 1.82) is 0 Å². The molecular formula is C11H9FO2. The van der Waals surface area contributed by atoms with Crippen molar-refractivity contribution in [3.63, 3.8) is 0 Å². The summed E-state index contributed by atoms with van der Waals surface area (Å²) < 4.78 is 12.8. The van der Waals surface area contributed by atoms with Gasteiger partial charge < -0.3 is 5.11 Å². The molecule has 0 unspecified atom stereocenters. The van der Waals surface area contributed by atoms with E-state index >= 15 is 0 Å². The molecule has 3 heteroatoms. The number of halogens is 1. The van der Waals surface area contributed by atoms with E-state index in [4.69, 9.17) is 5.11 Å². The Labute approximate surface area is 80.7 Å². The maximum Gasteiger partial charge on any atom is 0.307 e. The number of carboxylic acids is 1. The van der Waals surface area contributed by atoms with Gasteiger partial charge in [0, 0.05) is 0 Å². The van der Waals surface area contributed by atoms with E-state index in [0.29, 0.717) is 6.42 Å². The fourth-order valence-corrected chi connectivity index (χ4v) is 1.68. The molecule has 0 saturated carbocycles. The molecule has 0 spiro atoms. The Morgan fingerprint density at radius 1 is 1.50 bits per heavy atom. The summed E-state index contributed by atoms with van der Waals surface area (Å²) in [6, 6.07) is 4.54. The molecule has 1 N–H and O–H groups in total. The van der Waals surface area contributed by atoms with Crippen molar-refractivity contribution in [2.24, 2.45) is 0 Å². The summed E-state index contributed by atoms with van der Waals surface area (Å²) in [7, 11) is 0. The number of hydrogen-bond donors (Lipinski definition) is 1. The predicted molar refractivity (Wildman–Crippen MR) is 50.3 cm³/mol. The van der Waals surface area contributed by atoms with Crippen LogP contribution in [-0.2, 0) is 11.2 Å². The van der Waals surface area contributed by atoms with Gasteiger partial charge in [0.15, 0.2) is 0 Å². The SMILES string of the molecule is O=C(O)CC1=Cc2cc(F)ccc2C1. The van der Waals surface area contributed by atoms with Crippen LogP contribution in [0.3, 0.4) is 0 Å². The second-order valence-corrected chi connectivity index (χ2v) is 3.39. The first-order chi connectivity index (χ1) is 6.65. The van der Waals surface area contributed by atoms with Gasteiger partial charge in [-0.1, -0.05) is 17.7 Å². The first kappa shape index (κ1) is 8.94. The van der Waals surface area contributed by atoms with E-state index in [1.54, 1.807) is 12.1 Å². The smallest absolute Gasteiger partial charge is 0.307 e. The van der Waals surface area contributed by atoms with Gasteiger partial charge in [0.25, 0.3) is 0 Å². The second kappa shape index (κ2) is 3.25. The number of fused-ring (bicyclic) bond motifs is 1. The van der Waals surface area contributed by atoms with Crippen molar-refractivity contribution in [3.8, 4) is 0 Å². The first-order valence-electron chi connectivity index (χ1n) is 4.35. The van der Waals surface area contributed by atoms with Crippen LogP contribution in [0.2, 0.25) is 0 Å². The van der Waals surface area contributed by atoms with Crippen LogP contribution < -0.4 is 0 Å². The Morgan fingerprint density at radius 2 is 2.29 bits per heavy atom. The minimum atomic E-state index is -0.843. The van der Waals surface area contributed by atoms with E-state index in [9.17, 15) is 9.18 Å². The molecule has 0 radical (unpaired) electrons. The van der Waals surface area contributed by atoms with Crippen molar-refractivity contribution < 1.29 is 14.3 Å².